The van der Waals surface area contributed by atoms with Crippen molar-refractivity contribution in [3.63, 3.8) is 0 Å². The van der Waals surface area contributed by atoms with Crippen LogP contribution in [0.3, 0.4) is 0 Å². The Morgan fingerprint density at radius 3 is 2.58 bits per heavy atom. The number of ether oxygens (including phenoxy) is 1. The van der Waals surface area contributed by atoms with Crippen LogP contribution in [0.2, 0.25) is 0 Å². The minimum Gasteiger partial charge on any atom is -0.495 e. The largest absolute Gasteiger partial charge is 0.495 e. The molecule has 9 nitrogen and oxygen atoms in total. The number of benzene rings is 2. The van der Waals surface area contributed by atoms with Gasteiger partial charge in [0.15, 0.2) is 5.58 Å². The molecule has 0 saturated carbocycles. The molecule has 0 bridgehead atoms. The molecule has 1 amide bonds. The maximum absolute atomic E-state index is 13.0. The molecule has 0 saturated heterocycles. The lowest BCUT2D eigenvalue weighted by atomic mass is 10.0. The van der Waals surface area contributed by atoms with E-state index in [0.717, 1.165) is 0 Å². The first-order valence-electron chi connectivity index (χ1n) is 9.68. The number of fused-ring (bicyclic) bond motifs is 1. The number of nitrogens with one attached hydrogen (secondary N) is 2. The number of hydrogen-bond acceptors (Lipinski definition) is 6. The first-order valence-corrected chi connectivity index (χ1v) is 11.2. The van der Waals surface area contributed by atoms with Crippen LogP contribution in [0.25, 0.3) is 11.1 Å². The highest BCUT2D eigenvalue weighted by atomic mass is 32.2. The number of anilines is 1. The molecule has 0 aliphatic rings. The summed E-state index contributed by atoms with van der Waals surface area (Å²) in [6, 6.07) is 9.97. The minimum absolute atomic E-state index is 0.0470. The Kier molecular flexibility index (Phi) is 6.51. The van der Waals surface area contributed by atoms with Crippen molar-refractivity contribution in [2.45, 2.75) is 31.2 Å². The molecule has 0 unspecified atom stereocenters. The highest BCUT2D eigenvalue weighted by Crippen LogP contribution is 2.24. The van der Waals surface area contributed by atoms with Crippen LogP contribution < -0.4 is 20.5 Å². The number of hydrogen-bond donors (Lipinski definition) is 2. The van der Waals surface area contributed by atoms with Crippen molar-refractivity contribution in [2.24, 2.45) is 13.0 Å². The standard InChI is InChI=1S/C21H25N3O6S/c1-13(2)11-16(20(25)22-15-7-5-6-8-18(15)29-4)23-31(27,28)14-9-10-17-19(12-14)30-21(26)24(17)3/h5-10,12-13,16,23H,11H2,1-4H3,(H,22,25)/t16-/m0/s1. The summed E-state index contributed by atoms with van der Waals surface area (Å²) in [6.07, 6.45) is 0.281. The summed E-state index contributed by atoms with van der Waals surface area (Å²) in [5.74, 6) is -0.585. The molecular formula is C21H25N3O6S. The highest BCUT2D eigenvalue weighted by molar-refractivity contribution is 7.89. The molecule has 0 radical (unpaired) electrons. The second-order valence-electron chi connectivity index (χ2n) is 7.55. The fourth-order valence-electron chi connectivity index (χ4n) is 3.18. The number of amides is 1. The van der Waals surface area contributed by atoms with E-state index in [1.54, 1.807) is 24.3 Å². The molecule has 1 atom stereocenters. The van der Waals surface area contributed by atoms with E-state index in [-0.39, 0.29) is 22.8 Å². The van der Waals surface area contributed by atoms with Crippen LogP contribution >= 0.6 is 0 Å². The SMILES string of the molecule is COc1ccccc1NC(=O)[C@H](CC(C)C)NS(=O)(=O)c1ccc2c(c1)oc(=O)n2C. The molecule has 10 heteroatoms. The van der Waals surface area contributed by atoms with Gasteiger partial charge in [-0.25, -0.2) is 13.2 Å². The molecule has 166 valence electrons. The Labute approximate surface area is 180 Å². The molecule has 31 heavy (non-hydrogen) atoms. The lowest BCUT2D eigenvalue weighted by Crippen LogP contribution is -2.44. The third kappa shape index (κ3) is 4.97. The summed E-state index contributed by atoms with van der Waals surface area (Å²) in [4.78, 5) is 24.5. The number of rotatable bonds is 8. The summed E-state index contributed by atoms with van der Waals surface area (Å²) in [5, 5.41) is 2.73. The van der Waals surface area contributed by atoms with Gasteiger partial charge in [-0.3, -0.25) is 9.36 Å². The zero-order valence-electron chi connectivity index (χ0n) is 17.7. The number of para-hydroxylation sites is 2. The Balaban J connectivity index is 1.88. The monoisotopic (exact) mass is 447 g/mol. The fourth-order valence-corrected chi connectivity index (χ4v) is 4.41. The Bertz CT molecular complexity index is 1260. The van der Waals surface area contributed by atoms with E-state index < -0.39 is 27.7 Å². The van der Waals surface area contributed by atoms with E-state index in [2.05, 4.69) is 10.0 Å². The van der Waals surface area contributed by atoms with Crippen LogP contribution in [0.5, 0.6) is 5.75 Å². The highest BCUT2D eigenvalue weighted by Gasteiger charge is 2.27. The Hall–Kier alpha value is -3.11. The van der Waals surface area contributed by atoms with Crippen LogP contribution in [0, 0.1) is 5.92 Å². The Morgan fingerprint density at radius 1 is 1.19 bits per heavy atom. The van der Waals surface area contributed by atoms with Crippen molar-refractivity contribution < 1.29 is 22.4 Å². The average Bonchev–Trinajstić information content (AvgIpc) is 3.00. The number of oxazole rings is 1. The normalized spacial score (nSPS) is 12.8. The lowest BCUT2D eigenvalue weighted by molar-refractivity contribution is -0.118. The van der Waals surface area contributed by atoms with E-state index in [4.69, 9.17) is 9.15 Å². The topological polar surface area (TPSA) is 120 Å². The predicted molar refractivity (Wildman–Crippen MR) is 117 cm³/mol. The van der Waals surface area contributed by atoms with E-state index in [1.807, 2.05) is 13.8 Å². The summed E-state index contributed by atoms with van der Waals surface area (Å²) in [7, 11) is -1.05. The smallest absolute Gasteiger partial charge is 0.419 e. The van der Waals surface area contributed by atoms with Crippen molar-refractivity contribution >= 4 is 32.7 Å². The van der Waals surface area contributed by atoms with Gasteiger partial charge in [0.05, 0.1) is 23.2 Å². The lowest BCUT2D eigenvalue weighted by Gasteiger charge is -2.21. The zero-order valence-corrected chi connectivity index (χ0v) is 18.5. The fraction of sp³-hybridized carbons (Fsp3) is 0.333. The first kappa shape index (κ1) is 22.6. The van der Waals surface area contributed by atoms with Crippen molar-refractivity contribution in [1.29, 1.82) is 0 Å². The third-order valence-electron chi connectivity index (χ3n) is 4.76. The van der Waals surface area contributed by atoms with Gasteiger partial charge in [0, 0.05) is 13.1 Å². The maximum Gasteiger partial charge on any atom is 0.419 e. The number of methoxy groups -OCH3 is 1. The molecular weight excluding hydrogens is 422 g/mol. The van der Waals surface area contributed by atoms with Gasteiger partial charge in [-0.05, 0) is 36.6 Å². The van der Waals surface area contributed by atoms with Gasteiger partial charge in [-0.15, -0.1) is 0 Å². The number of nitrogens with zero attached hydrogens (tertiary/aromatic N) is 1. The van der Waals surface area contributed by atoms with E-state index in [0.29, 0.717) is 17.0 Å². The van der Waals surface area contributed by atoms with Crippen LogP contribution in [0.1, 0.15) is 20.3 Å². The Morgan fingerprint density at radius 2 is 1.90 bits per heavy atom. The van der Waals surface area contributed by atoms with Crippen molar-refractivity contribution in [3.8, 4) is 5.75 Å². The molecule has 3 aromatic rings. The molecule has 1 heterocycles. The van der Waals surface area contributed by atoms with Crippen LogP contribution in [-0.4, -0.2) is 32.0 Å². The van der Waals surface area contributed by atoms with Gasteiger partial charge in [0.25, 0.3) is 0 Å². The predicted octanol–water partition coefficient (Wildman–Crippen LogP) is 2.47. The molecule has 3 rings (SSSR count). The number of sulfonamides is 1. The van der Waals surface area contributed by atoms with E-state index >= 15 is 0 Å². The van der Waals surface area contributed by atoms with Gasteiger partial charge in [-0.1, -0.05) is 26.0 Å². The van der Waals surface area contributed by atoms with Crippen molar-refractivity contribution in [3.05, 3.63) is 53.0 Å². The maximum atomic E-state index is 13.0. The van der Waals surface area contributed by atoms with Crippen LogP contribution in [-0.2, 0) is 21.9 Å². The summed E-state index contributed by atoms with van der Waals surface area (Å²) in [5.41, 5.74) is 1.06. The summed E-state index contributed by atoms with van der Waals surface area (Å²) in [6.45, 7) is 3.78. The van der Waals surface area contributed by atoms with Crippen LogP contribution in [0.4, 0.5) is 5.69 Å². The van der Waals surface area contributed by atoms with Gasteiger partial charge in [-0.2, -0.15) is 4.72 Å². The molecule has 2 N–H and O–H groups in total. The summed E-state index contributed by atoms with van der Waals surface area (Å²) >= 11 is 0. The second-order valence-corrected chi connectivity index (χ2v) is 9.26. The third-order valence-corrected chi connectivity index (χ3v) is 6.23. The molecule has 1 aromatic heterocycles. The first-order chi connectivity index (χ1) is 14.6. The number of aromatic nitrogens is 1. The quantitative estimate of drug-likeness (QED) is 0.547. The van der Waals surface area contributed by atoms with Crippen LogP contribution in [0.15, 0.2) is 56.6 Å². The molecule has 0 fully saturated rings. The molecule has 0 aliphatic heterocycles. The number of aryl methyl sites for hydroxylation is 1. The van der Waals surface area contributed by atoms with E-state index in [1.165, 1.54) is 36.9 Å². The van der Waals surface area contributed by atoms with E-state index in [9.17, 15) is 18.0 Å². The minimum atomic E-state index is -4.07. The van der Waals surface area contributed by atoms with Gasteiger partial charge in [0.1, 0.15) is 11.8 Å². The van der Waals surface area contributed by atoms with Crippen molar-refractivity contribution in [2.75, 3.05) is 12.4 Å². The molecule has 0 aliphatic carbocycles. The van der Waals surface area contributed by atoms with Gasteiger partial charge < -0.3 is 14.5 Å². The van der Waals surface area contributed by atoms with Gasteiger partial charge >= 0.3 is 5.76 Å². The number of carbonyl (C=O) groups is 1. The number of carbonyl (C=O) groups excluding carboxylic acids is 1. The van der Waals surface area contributed by atoms with Gasteiger partial charge in [0.2, 0.25) is 15.9 Å². The zero-order chi connectivity index (χ0) is 22.8. The second kappa shape index (κ2) is 8.94. The molecule has 0 spiro atoms. The summed E-state index contributed by atoms with van der Waals surface area (Å²) < 4.78 is 40.1. The van der Waals surface area contributed by atoms with Crippen molar-refractivity contribution in [1.82, 2.24) is 9.29 Å². The average molecular weight is 448 g/mol. The molecule has 2 aromatic carbocycles.